The Morgan fingerprint density at radius 1 is 0.543 bits per heavy atom. The molecule has 2 heterocycles. The highest BCUT2D eigenvalue weighted by Crippen LogP contribution is 2.36. The molecule has 0 aromatic heterocycles. The molecule has 4 nitrogen and oxygen atoms in total. The molecule has 2 saturated heterocycles. The van der Waals surface area contributed by atoms with Gasteiger partial charge in [-0.2, -0.15) is 13.2 Å². The molecule has 0 amide bonds. The molecule has 2 atom stereocenters. The second kappa shape index (κ2) is 16.1. The number of rotatable bonds is 8. The van der Waals surface area contributed by atoms with Crippen LogP contribution in [0.5, 0.6) is 11.5 Å². The number of halogens is 5. The number of piperidine rings is 2. The van der Waals surface area contributed by atoms with Gasteiger partial charge in [0.15, 0.2) is 0 Å². The molecule has 9 heteroatoms. The van der Waals surface area contributed by atoms with Crippen LogP contribution in [0.3, 0.4) is 0 Å². The lowest BCUT2D eigenvalue weighted by Gasteiger charge is -2.31. The normalized spacial score (nSPS) is 17.3. The highest BCUT2D eigenvalue weighted by molar-refractivity contribution is 5.31. The number of hydrogen-bond acceptors (Lipinski definition) is 4. The van der Waals surface area contributed by atoms with Crippen LogP contribution in [-0.2, 0) is 6.18 Å². The van der Waals surface area contributed by atoms with Gasteiger partial charge in [-0.05, 0) is 87.3 Å². The summed E-state index contributed by atoms with van der Waals surface area (Å²) in [5.41, 5.74) is 1.44. The van der Waals surface area contributed by atoms with E-state index in [-0.39, 0.29) is 18.0 Å². The summed E-state index contributed by atoms with van der Waals surface area (Å²) in [6.45, 7) is 3.75. The van der Waals surface area contributed by atoms with Crippen LogP contribution in [0.15, 0.2) is 103 Å². The van der Waals surface area contributed by atoms with Gasteiger partial charge in [-0.3, -0.25) is 0 Å². The highest BCUT2D eigenvalue weighted by atomic mass is 19.4. The van der Waals surface area contributed by atoms with Crippen molar-refractivity contribution in [3.05, 3.63) is 131 Å². The number of alkyl halides is 3. The van der Waals surface area contributed by atoms with E-state index in [0.717, 1.165) is 81.2 Å². The van der Waals surface area contributed by atoms with E-state index >= 15 is 0 Å². The molecule has 244 valence electrons. The van der Waals surface area contributed by atoms with Gasteiger partial charge < -0.3 is 20.1 Å². The Balaban J connectivity index is 0.000000182. The molecule has 0 spiro atoms. The van der Waals surface area contributed by atoms with Crippen LogP contribution in [0.1, 0.15) is 54.6 Å². The predicted octanol–water partition coefficient (Wildman–Crippen LogP) is 8.91. The van der Waals surface area contributed by atoms with Crippen molar-refractivity contribution in [1.82, 2.24) is 10.6 Å². The topological polar surface area (TPSA) is 42.5 Å². The second-order valence-electron chi connectivity index (χ2n) is 11.7. The fraction of sp³-hybridized carbons (Fsp3) is 0.351. The molecule has 0 radical (unpaired) electrons. The smallest absolute Gasteiger partial charge is 0.416 e. The number of benzene rings is 4. The zero-order chi connectivity index (χ0) is 32.4. The zero-order valence-electron chi connectivity index (χ0n) is 25.5. The van der Waals surface area contributed by atoms with Gasteiger partial charge in [0.25, 0.3) is 0 Å². The first kappa shape index (κ1) is 33.4. The summed E-state index contributed by atoms with van der Waals surface area (Å²) in [5.74, 6) is 0.144. The first-order valence-corrected chi connectivity index (χ1v) is 15.7. The van der Waals surface area contributed by atoms with E-state index in [1.54, 1.807) is 0 Å². The molecule has 6 rings (SSSR count). The third-order valence-electron chi connectivity index (χ3n) is 8.42. The Morgan fingerprint density at radius 2 is 0.957 bits per heavy atom. The minimum Gasteiger partial charge on any atom is -0.485 e. The maximum atomic E-state index is 13.4. The van der Waals surface area contributed by atoms with Crippen LogP contribution in [0.25, 0.3) is 0 Å². The highest BCUT2D eigenvalue weighted by Gasteiger charge is 2.31. The minimum atomic E-state index is -4.33. The van der Waals surface area contributed by atoms with Crippen LogP contribution in [0, 0.1) is 23.5 Å². The maximum Gasteiger partial charge on any atom is 0.416 e. The molecule has 2 aliphatic rings. The molecule has 2 N–H and O–H groups in total. The number of ether oxygens (including phenoxy) is 2. The van der Waals surface area contributed by atoms with E-state index in [1.807, 2.05) is 60.7 Å². The summed E-state index contributed by atoms with van der Waals surface area (Å²) in [6.07, 6.45) is -0.726. The standard InChI is InChI=1S/C19H20F3NO.C18H19F2NO/c20-19(21,22)16-6-8-17(9-7-16)24-18(14-4-2-1-3-5-14)15-10-12-23-13-11-15;19-15-10-16(20)12-17(11-15)22-18(13-4-2-1-3-5-13)14-6-8-21-9-7-14/h1-9,15,18,23H,10-13H2;1-5,10-12,14,18,21H,6-9H2. The van der Waals surface area contributed by atoms with Gasteiger partial charge in [0.1, 0.15) is 35.3 Å². The fourth-order valence-corrected chi connectivity index (χ4v) is 6.06. The molecular formula is C37H39F5N2O2. The summed E-state index contributed by atoms with van der Waals surface area (Å²) in [7, 11) is 0. The van der Waals surface area contributed by atoms with Crippen molar-refractivity contribution in [2.75, 3.05) is 26.2 Å². The van der Waals surface area contributed by atoms with Crippen molar-refractivity contribution in [3.8, 4) is 11.5 Å². The van der Waals surface area contributed by atoms with Gasteiger partial charge in [0.2, 0.25) is 0 Å². The number of hydrogen-bond donors (Lipinski definition) is 2. The molecule has 0 saturated carbocycles. The Kier molecular flexibility index (Phi) is 11.7. The summed E-state index contributed by atoms with van der Waals surface area (Å²) in [6, 6.07) is 28.0. The van der Waals surface area contributed by atoms with Gasteiger partial charge in [0, 0.05) is 30.0 Å². The molecule has 2 aliphatic heterocycles. The fourth-order valence-electron chi connectivity index (χ4n) is 6.06. The van der Waals surface area contributed by atoms with Gasteiger partial charge in [-0.1, -0.05) is 60.7 Å². The third kappa shape index (κ3) is 9.53. The first-order valence-electron chi connectivity index (χ1n) is 15.7. The molecule has 0 bridgehead atoms. The van der Waals surface area contributed by atoms with Gasteiger partial charge in [-0.25, -0.2) is 8.78 Å². The molecule has 4 aromatic carbocycles. The summed E-state index contributed by atoms with van der Waals surface area (Å²) in [4.78, 5) is 0. The van der Waals surface area contributed by atoms with Gasteiger partial charge >= 0.3 is 6.18 Å². The summed E-state index contributed by atoms with van der Waals surface area (Å²) >= 11 is 0. The maximum absolute atomic E-state index is 13.4. The van der Waals surface area contributed by atoms with Crippen molar-refractivity contribution in [3.63, 3.8) is 0 Å². The quantitative estimate of drug-likeness (QED) is 0.189. The molecule has 2 unspecified atom stereocenters. The van der Waals surface area contributed by atoms with Crippen molar-refractivity contribution < 1.29 is 31.4 Å². The van der Waals surface area contributed by atoms with Crippen molar-refractivity contribution in [1.29, 1.82) is 0 Å². The van der Waals surface area contributed by atoms with E-state index in [4.69, 9.17) is 9.47 Å². The largest absolute Gasteiger partial charge is 0.485 e. The minimum absolute atomic E-state index is 0.148. The van der Waals surface area contributed by atoms with Crippen LogP contribution >= 0.6 is 0 Å². The second-order valence-corrected chi connectivity index (χ2v) is 11.7. The predicted molar refractivity (Wildman–Crippen MR) is 169 cm³/mol. The van der Waals surface area contributed by atoms with Crippen molar-refractivity contribution >= 4 is 0 Å². The Hall–Kier alpha value is -3.95. The van der Waals surface area contributed by atoms with E-state index in [9.17, 15) is 22.0 Å². The lowest BCUT2D eigenvalue weighted by Crippen LogP contribution is -2.32. The molecule has 2 fully saturated rings. The first-order chi connectivity index (χ1) is 22.3. The van der Waals surface area contributed by atoms with E-state index in [2.05, 4.69) is 10.6 Å². The van der Waals surface area contributed by atoms with E-state index in [0.29, 0.717) is 17.6 Å². The lowest BCUT2D eigenvalue weighted by atomic mass is 9.88. The Bertz CT molecular complexity index is 1450. The summed E-state index contributed by atoms with van der Waals surface area (Å²) in [5, 5.41) is 6.66. The lowest BCUT2D eigenvalue weighted by molar-refractivity contribution is -0.137. The average molecular weight is 639 g/mol. The van der Waals surface area contributed by atoms with Crippen LogP contribution in [0.4, 0.5) is 22.0 Å². The summed E-state index contributed by atoms with van der Waals surface area (Å²) < 4.78 is 77.0. The molecule has 4 aromatic rings. The van der Waals surface area contributed by atoms with Crippen LogP contribution in [0.2, 0.25) is 0 Å². The van der Waals surface area contributed by atoms with E-state index in [1.165, 1.54) is 24.3 Å². The Labute approximate surface area is 266 Å². The molecule has 46 heavy (non-hydrogen) atoms. The third-order valence-corrected chi connectivity index (χ3v) is 8.42. The molecular weight excluding hydrogens is 599 g/mol. The van der Waals surface area contributed by atoms with Gasteiger partial charge in [0.05, 0.1) is 5.56 Å². The molecule has 0 aliphatic carbocycles. The average Bonchev–Trinajstić information content (AvgIpc) is 3.07. The van der Waals surface area contributed by atoms with Crippen molar-refractivity contribution in [2.24, 2.45) is 11.8 Å². The monoisotopic (exact) mass is 638 g/mol. The van der Waals surface area contributed by atoms with Crippen LogP contribution < -0.4 is 20.1 Å². The number of nitrogens with one attached hydrogen (secondary N) is 2. The van der Waals surface area contributed by atoms with Crippen LogP contribution in [-0.4, -0.2) is 26.2 Å². The van der Waals surface area contributed by atoms with E-state index < -0.39 is 23.4 Å². The van der Waals surface area contributed by atoms with Crippen molar-refractivity contribution in [2.45, 2.75) is 44.1 Å². The SMILES string of the molecule is FC(F)(F)c1ccc(OC(c2ccccc2)C2CCNCC2)cc1.Fc1cc(F)cc(OC(c2ccccc2)C2CCNCC2)c1. The Morgan fingerprint density at radius 3 is 1.37 bits per heavy atom. The van der Waals surface area contributed by atoms with Gasteiger partial charge in [-0.15, -0.1) is 0 Å². The zero-order valence-corrected chi connectivity index (χ0v) is 25.5.